The van der Waals surface area contributed by atoms with Crippen LogP contribution in [0.25, 0.3) is 0 Å². The van der Waals surface area contributed by atoms with Crippen LogP contribution in [0.2, 0.25) is 0 Å². The number of primary amides is 1. The maximum atomic E-state index is 12.3. The number of carbonyl (C=O) groups is 2. The summed E-state index contributed by atoms with van der Waals surface area (Å²) in [5, 5.41) is 2.89. The van der Waals surface area contributed by atoms with Crippen LogP contribution in [-0.2, 0) is 16.1 Å². The van der Waals surface area contributed by atoms with Gasteiger partial charge in [-0.1, -0.05) is 25.5 Å². The first-order chi connectivity index (χ1) is 11.3. The molecule has 1 aliphatic heterocycles. The van der Waals surface area contributed by atoms with Gasteiger partial charge in [-0.05, 0) is 50.4 Å². The third kappa shape index (κ3) is 4.55. The summed E-state index contributed by atoms with van der Waals surface area (Å²) in [6.07, 6.45) is 3.28. The van der Waals surface area contributed by atoms with Gasteiger partial charge in [0.2, 0.25) is 11.8 Å². The molecule has 132 valence electrons. The average Bonchev–Trinajstić information content (AvgIpc) is 2.96. The highest BCUT2D eigenvalue weighted by Crippen LogP contribution is 2.21. The van der Waals surface area contributed by atoms with Gasteiger partial charge in [0.15, 0.2) is 0 Å². The zero-order valence-corrected chi connectivity index (χ0v) is 14.5. The molecule has 1 aliphatic rings. The van der Waals surface area contributed by atoms with Gasteiger partial charge in [-0.25, -0.2) is 0 Å². The Morgan fingerprint density at radius 3 is 2.83 bits per heavy atom. The van der Waals surface area contributed by atoms with E-state index in [1.165, 1.54) is 0 Å². The Morgan fingerprint density at radius 1 is 1.42 bits per heavy atom. The summed E-state index contributed by atoms with van der Waals surface area (Å²) >= 11 is 0. The first-order valence-corrected chi connectivity index (χ1v) is 8.56. The predicted molar refractivity (Wildman–Crippen MR) is 95.2 cm³/mol. The lowest BCUT2D eigenvalue weighted by atomic mass is 9.96. The topological polar surface area (TPSA) is 101 Å². The standard InChI is InChI=1S/C18H28N4O2/c1-3-9-18(2,20)17(24)21-14-7-4-6-13(11-14)12-22-10-5-8-15(22)16(19)23/h4,6-7,11,15H,3,5,8-10,12,20H2,1-2H3,(H2,19,23)(H,21,24). The first kappa shape index (κ1) is 18.4. The van der Waals surface area contributed by atoms with Crippen molar-refractivity contribution in [1.82, 2.24) is 4.90 Å². The van der Waals surface area contributed by atoms with Gasteiger partial charge in [-0.2, -0.15) is 0 Å². The number of hydrogen-bond acceptors (Lipinski definition) is 4. The van der Waals surface area contributed by atoms with Crippen LogP contribution in [0.3, 0.4) is 0 Å². The number of rotatable bonds is 7. The molecule has 0 spiro atoms. The van der Waals surface area contributed by atoms with Crippen LogP contribution in [0.5, 0.6) is 0 Å². The third-order valence-corrected chi connectivity index (χ3v) is 4.55. The van der Waals surface area contributed by atoms with E-state index in [-0.39, 0.29) is 17.9 Å². The fraction of sp³-hybridized carbons (Fsp3) is 0.556. The summed E-state index contributed by atoms with van der Waals surface area (Å²) in [6.45, 7) is 5.26. The van der Waals surface area contributed by atoms with Crippen molar-refractivity contribution in [2.75, 3.05) is 11.9 Å². The van der Waals surface area contributed by atoms with Crippen molar-refractivity contribution in [2.45, 2.75) is 57.7 Å². The second kappa shape index (κ2) is 7.77. The van der Waals surface area contributed by atoms with E-state index >= 15 is 0 Å². The predicted octanol–water partition coefficient (Wildman–Crippen LogP) is 1.59. The monoisotopic (exact) mass is 332 g/mol. The quantitative estimate of drug-likeness (QED) is 0.705. The summed E-state index contributed by atoms with van der Waals surface area (Å²) in [5.41, 5.74) is 12.4. The van der Waals surface area contributed by atoms with Gasteiger partial charge in [0, 0.05) is 12.2 Å². The fourth-order valence-electron chi connectivity index (χ4n) is 3.23. The van der Waals surface area contributed by atoms with Crippen LogP contribution in [0.4, 0.5) is 5.69 Å². The smallest absolute Gasteiger partial charge is 0.244 e. The number of carbonyl (C=O) groups excluding carboxylic acids is 2. The van der Waals surface area contributed by atoms with Crippen LogP contribution in [0, 0.1) is 0 Å². The Kier molecular flexibility index (Phi) is 5.96. The highest BCUT2D eigenvalue weighted by molar-refractivity contribution is 5.97. The van der Waals surface area contributed by atoms with Gasteiger partial charge >= 0.3 is 0 Å². The Balaban J connectivity index is 2.04. The van der Waals surface area contributed by atoms with E-state index in [4.69, 9.17) is 11.5 Å². The summed E-state index contributed by atoms with van der Waals surface area (Å²) in [4.78, 5) is 25.9. The lowest BCUT2D eigenvalue weighted by Crippen LogP contribution is -2.48. The Bertz CT molecular complexity index is 600. The summed E-state index contributed by atoms with van der Waals surface area (Å²) in [7, 11) is 0. The first-order valence-electron chi connectivity index (χ1n) is 8.56. The number of nitrogens with two attached hydrogens (primary N) is 2. The molecule has 0 aliphatic carbocycles. The van der Waals surface area contributed by atoms with Gasteiger partial charge in [0.1, 0.15) is 0 Å². The molecule has 5 N–H and O–H groups in total. The summed E-state index contributed by atoms with van der Waals surface area (Å²) < 4.78 is 0. The lowest BCUT2D eigenvalue weighted by molar-refractivity contribution is -0.122. The van der Waals surface area contributed by atoms with Crippen molar-refractivity contribution in [3.8, 4) is 0 Å². The molecule has 1 saturated heterocycles. The van der Waals surface area contributed by atoms with Gasteiger partial charge in [-0.3, -0.25) is 14.5 Å². The van der Waals surface area contributed by atoms with Crippen LogP contribution in [-0.4, -0.2) is 34.8 Å². The van der Waals surface area contributed by atoms with Gasteiger partial charge in [-0.15, -0.1) is 0 Å². The summed E-state index contributed by atoms with van der Waals surface area (Å²) in [5.74, 6) is -0.451. The number of nitrogens with one attached hydrogen (secondary N) is 1. The van der Waals surface area contributed by atoms with E-state index in [2.05, 4.69) is 10.2 Å². The van der Waals surface area contributed by atoms with Gasteiger partial charge in [0.05, 0.1) is 11.6 Å². The molecule has 2 unspecified atom stereocenters. The minimum Gasteiger partial charge on any atom is -0.368 e. The van der Waals surface area contributed by atoms with E-state index in [9.17, 15) is 9.59 Å². The van der Waals surface area contributed by atoms with E-state index in [0.717, 1.165) is 37.1 Å². The second-order valence-corrected chi connectivity index (χ2v) is 6.85. The molecule has 0 saturated carbocycles. The fourth-order valence-corrected chi connectivity index (χ4v) is 3.23. The molecule has 24 heavy (non-hydrogen) atoms. The molecule has 0 aromatic heterocycles. The Morgan fingerprint density at radius 2 is 2.17 bits per heavy atom. The largest absolute Gasteiger partial charge is 0.368 e. The van der Waals surface area contributed by atoms with Crippen molar-refractivity contribution in [3.63, 3.8) is 0 Å². The second-order valence-electron chi connectivity index (χ2n) is 6.85. The van der Waals surface area contributed by atoms with Crippen LogP contribution < -0.4 is 16.8 Å². The maximum absolute atomic E-state index is 12.3. The number of nitrogens with zero attached hydrogens (tertiary/aromatic N) is 1. The van der Waals surface area contributed by atoms with Crippen molar-refractivity contribution < 1.29 is 9.59 Å². The van der Waals surface area contributed by atoms with Crippen molar-refractivity contribution in [3.05, 3.63) is 29.8 Å². The minimum atomic E-state index is -0.878. The van der Waals surface area contributed by atoms with Gasteiger partial charge < -0.3 is 16.8 Å². The average molecular weight is 332 g/mol. The van der Waals surface area contributed by atoms with Crippen molar-refractivity contribution >= 4 is 17.5 Å². The molecule has 0 bridgehead atoms. The molecule has 2 rings (SSSR count). The number of likely N-dealkylation sites (tertiary alicyclic amines) is 1. The van der Waals surface area contributed by atoms with Gasteiger partial charge in [0.25, 0.3) is 0 Å². The van der Waals surface area contributed by atoms with Crippen molar-refractivity contribution in [1.29, 1.82) is 0 Å². The molecular formula is C18H28N4O2. The highest BCUT2D eigenvalue weighted by atomic mass is 16.2. The molecule has 1 aromatic rings. The van der Waals surface area contributed by atoms with E-state index < -0.39 is 5.54 Å². The van der Waals surface area contributed by atoms with E-state index in [1.807, 2.05) is 31.2 Å². The Labute approximate surface area is 143 Å². The molecule has 0 radical (unpaired) electrons. The number of benzene rings is 1. The SMILES string of the molecule is CCCC(C)(N)C(=O)Nc1cccc(CN2CCCC2C(N)=O)c1. The molecule has 2 atom stereocenters. The number of anilines is 1. The normalized spacial score (nSPS) is 20.5. The zero-order valence-electron chi connectivity index (χ0n) is 14.5. The maximum Gasteiger partial charge on any atom is 0.244 e. The van der Waals surface area contributed by atoms with E-state index in [0.29, 0.717) is 13.0 Å². The van der Waals surface area contributed by atoms with Crippen LogP contribution in [0.15, 0.2) is 24.3 Å². The zero-order chi connectivity index (χ0) is 17.7. The highest BCUT2D eigenvalue weighted by Gasteiger charge is 2.29. The third-order valence-electron chi connectivity index (χ3n) is 4.55. The molecule has 1 fully saturated rings. The minimum absolute atomic E-state index is 0.183. The van der Waals surface area contributed by atoms with E-state index in [1.54, 1.807) is 6.92 Å². The van der Waals surface area contributed by atoms with Crippen LogP contribution in [0.1, 0.15) is 45.1 Å². The molecule has 1 heterocycles. The molecule has 1 aromatic carbocycles. The number of amides is 2. The number of hydrogen-bond donors (Lipinski definition) is 3. The summed E-state index contributed by atoms with van der Waals surface area (Å²) in [6, 6.07) is 7.46. The molecule has 6 heteroatoms. The Hall–Kier alpha value is -1.92. The molecule has 6 nitrogen and oxygen atoms in total. The lowest BCUT2D eigenvalue weighted by Gasteiger charge is -2.24. The molecule has 2 amide bonds. The van der Waals surface area contributed by atoms with Crippen LogP contribution >= 0.6 is 0 Å². The van der Waals surface area contributed by atoms with Crippen molar-refractivity contribution in [2.24, 2.45) is 11.5 Å². The molecular weight excluding hydrogens is 304 g/mol.